The number of benzene rings is 1. The van der Waals surface area contributed by atoms with Gasteiger partial charge in [0.2, 0.25) is 11.5 Å². The highest BCUT2D eigenvalue weighted by molar-refractivity contribution is 6.05. The molecule has 3 rings (SSSR count). The first kappa shape index (κ1) is 13.6. The molecule has 1 fully saturated rings. The number of nitrogen functional groups attached to an aromatic ring is 1. The summed E-state index contributed by atoms with van der Waals surface area (Å²) < 4.78 is 4.41. The van der Waals surface area contributed by atoms with Gasteiger partial charge in [-0.25, -0.2) is 4.63 Å². The van der Waals surface area contributed by atoms with Gasteiger partial charge in [0.25, 0.3) is 5.91 Å². The highest BCUT2D eigenvalue weighted by atomic mass is 16.6. The lowest BCUT2D eigenvalue weighted by molar-refractivity contribution is 0.101. The van der Waals surface area contributed by atoms with Crippen LogP contribution in [0.25, 0.3) is 0 Å². The van der Waals surface area contributed by atoms with E-state index in [4.69, 9.17) is 5.73 Å². The lowest BCUT2D eigenvalue weighted by Crippen LogP contribution is -2.18. The van der Waals surface area contributed by atoms with Crippen molar-refractivity contribution in [2.24, 2.45) is 0 Å². The third kappa shape index (κ3) is 3.19. The Kier molecular flexibility index (Phi) is 3.83. The van der Waals surface area contributed by atoms with Gasteiger partial charge >= 0.3 is 0 Å². The van der Waals surface area contributed by atoms with Crippen LogP contribution in [0.5, 0.6) is 0 Å². The topological polar surface area (TPSA) is 97.3 Å². The summed E-state index contributed by atoms with van der Waals surface area (Å²) in [6.07, 6.45) is 2.56. The molecule has 1 aromatic heterocycles. The first-order valence-electron chi connectivity index (χ1n) is 6.93. The van der Waals surface area contributed by atoms with Crippen LogP contribution in [0, 0.1) is 0 Å². The minimum atomic E-state index is -0.430. The zero-order valence-electron chi connectivity index (χ0n) is 11.6. The summed E-state index contributed by atoms with van der Waals surface area (Å²) in [6, 6.07) is 7.76. The third-order valence-corrected chi connectivity index (χ3v) is 3.55. The number of nitrogens with zero attached hydrogens (tertiary/aromatic N) is 3. The smallest absolute Gasteiger partial charge is 0.281 e. The lowest BCUT2D eigenvalue weighted by Gasteiger charge is -2.14. The van der Waals surface area contributed by atoms with Crippen LogP contribution in [0.3, 0.4) is 0 Å². The maximum Gasteiger partial charge on any atom is 0.281 e. The van der Waals surface area contributed by atoms with Crippen LogP contribution in [-0.4, -0.2) is 34.2 Å². The minimum Gasteiger partial charge on any atom is -0.379 e. The van der Waals surface area contributed by atoms with Crippen molar-refractivity contribution in [3.05, 3.63) is 35.5 Å². The Labute approximate surface area is 122 Å². The molecule has 0 aliphatic carbocycles. The van der Waals surface area contributed by atoms with Crippen molar-refractivity contribution < 1.29 is 9.42 Å². The SMILES string of the molecule is Nc1nonc1C(=O)Nc1ccc(CN2CCCC2)cc1. The summed E-state index contributed by atoms with van der Waals surface area (Å²) in [5.74, 6) is -0.445. The van der Waals surface area contributed by atoms with E-state index in [2.05, 4.69) is 25.2 Å². The van der Waals surface area contributed by atoms with Crippen molar-refractivity contribution in [3.8, 4) is 0 Å². The van der Waals surface area contributed by atoms with Gasteiger partial charge in [-0.2, -0.15) is 0 Å². The average molecular weight is 287 g/mol. The molecular formula is C14H17N5O2. The van der Waals surface area contributed by atoms with Gasteiger partial charge in [-0.1, -0.05) is 12.1 Å². The molecule has 2 aromatic rings. The minimum absolute atomic E-state index is 0.00357. The van der Waals surface area contributed by atoms with Gasteiger partial charge in [0.15, 0.2) is 0 Å². The number of carbonyl (C=O) groups excluding carboxylic acids is 1. The predicted molar refractivity (Wildman–Crippen MR) is 77.6 cm³/mol. The van der Waals surface area contributed by atoms with Gasteiger partial charge in [-0.05, 0) is 53.9 Å². The molecule has 0 bridgehead atoms. The number of amides is 1. The van der Waals surface area contributed by atoms with E-state index in [9.17, 15) is 4.79 Å². The fourth-order valence-corrected chi connectivity index (χ4v) is 2.44. The molecule has 3 N–H and O–H groups in total. The monoisotopic (exact) mass is 287 g/mol. The van der Waals surface area contributed by atoms with E-state index < -0.39 is 5.91 Å². The van der Waals surface area contributed by atoms with Gasteiger partial charge < -0.3 is 11.1 Å². The second-order valence-electron chi connectivity index (χ2n) is 5.13. The Morgan fingerprint density at radius 1 is 1.24 bits per heavy atom. The molecule has 1 amide bonds. The van der Waals surface area contributed by atoms with Crippen molar-refractivity contribution in [2.45, 2.75) is 19.4 Å². The molecule has 0 unspecified atom stereocenters. The molecule has 1 saturated heterocycles. The Morgan fingerprint density at radius 3 is 2.57 bits per heavy atom. The highest BCUT2D eigenvalue weighted by Crippen LogP contribution is 2.16. The standard InChI is InChI=1S/C14H17N5O2/c15-13-12(17-21-18-13)14(20)16-11-5-3-10(4-6-11)9-19-7-1-2-8-19/h3-6H,1-2,7-9H2,(H2,15,18)(H,16,20). The Balaban J connectivity index is 1.61. The molecule has 110 valence electrons. The number of nitrogens with two attached hydrogens (primary N) is 1. The molecule has 2 heterocycles. The number of rotatable bonds is 4. The van der Waals surface area contributed by atoms with E-state index in [1.54, 1.807) is 0 Å². The van der Waals surface area contributed by atoms with E-state index in [-0.39, 0.29) is 11.5 Å². The van der Waals surface area contributed by atoms with Crippen LogP contribution in [0.2, 0.25) is 0 Å². The molecule has 0 saturated carbocycles. The van der Waals surface area contributed by atoms with Crippen LogP contribution in [0.4, 0.5) is 11.5 Å². The normalized spacial score (nSPS) is 15.2. The van der Waals surface area contributed by atoms with Crippen LogP contribution in [0.15, 0.2) is 28.9 Å². The van der Waals surface area contributed by atoms with Crippen molar-refractivity contribution in [1.82, 2.24) is 15.2 Å². The number of carbonyl (C=O) groups is 1. The van der Waals surface area contributed by atoms with E-state index in [1.165, 1.54) is 18.4 Å². The molecule has 1 aliphatic heterocycles. The molecule has 0 atom stereocenters. The van der Waals surface area contributed by atoms with E-state index in [1.807, 2.05) is 24.3 Å². The van der Waals surface area contributed by atoms with Crippen LogP contribution in [0.1, 0.15) is 28.9 Å². The summed E-state index contributed by atoms with van der Waals surface area (Å²) >= 11 is 0. The number of hydrogen-bond donors (Lipinski definition) is 2. The average Bonchev–Trinajstić information content (AvgIpc) is 3.12. The van der Waals surface area contributed by atoms with Gasteiger partial charge in [0.05, 0.1) is 0 Å². The van der Waals surface area contributed by atoms with E-state index in [0.29, 0.717) is 5.69 Å². The number of hydrogen-bond acceptors (Lipinski definition) is 6. The third-order valence-electron chi connectivity index (χ3n) is 3.55. The first-order valence-corrected chi connectivity index (χ1v) is 6.93. The second-order valence-corrected chi connectivity index (χ2v) is 5.13. The maximum atomic E-state index is 11.9. The van der Waals surface area contributed by atoms with Crippen LogP contribution >= 0.6 is 0 Å². The molecule has 21 heavy (non-hydrogen) atoms. The summed E-state index contributed by atoms with van der Waals surface area (Å²) in [6.45, 7) is 3.28. The number of nitrogens with one attached hydrogen (secondary N) is 1. The zero-order chi connectivity index (χ0) is 14.7. The molecule has 7 heteroatoms. The largest absolute Gasteiger partial charge is 0.379 e. The maximum absolute atomic E-state index is 11.9. The molecule has 7 nitrogen and oxygen atoms in total. The Morgan fingerprint density at radius 2 is 1.95 bits per heavy atom. The van der Waals surface area contributed by atoms with Gasteiger partial charge in [0, 0.05) is 12.2 Å². The summed E-state index contributed by atoms with van der Waals surface area (Å²) in [5.41, 5.74) is 7.39. The Bertz CT molecular complexity index is 617. The fourth-order valence-electron chi connectivity index (χ4n) is 2.44. The van der Waals surface area contributed by atoms with Gasteiger partial charge in [0.1, 0.15) is 0 Å². The Hall–Kier alpha value is -2.41. The summed E-state index contributed by atoms with van der Waals surface area (Å²) in [4.78, 5) is 14.3. The first-order chi connectivity index (χ1) is 10.2. The molecule has 1 aromatic carbocycles. The van der Waals surface area contributed by atoms with Crippen molar-refractivity contribution in [3.63, 3.8) is 0 Å². The van der Waals surface area contributed by atoms with Gasteiger partial charge in [-0.3, -0.25) is 9.69 Å². The number of likely N-dealkylation sites (tertiary alicyclic amines) is 1. The quantitative estimate of drug-likeness (QED) is 0.884. The number of anilines is 2. The molecule has 1 aliphatic rings. The van der Waals surface area contributed by atoms with E-state index >= 15 is 0 Å². The fraction of sp³-hybridized carbons (Fsp3) is 0.357. The predicted octanol–water partition coefficient (Wildman–Crippen LogP) is 1.50. The van der Waals surface area contributed by atoms with Crippen molar-refractivity contribution in [1.29, 1.82) is 0 Å². The summed E-state index contributed by atoms with van der Waals surface area (Å²) in [7, 11) is 0. The molecular weight excluding hydrogens is 270 g/mol. The lowest BCUT2D eigenvalue weighted by atomic mass is 10.2. The van der Waals surface area contributed by atoms with E-state index in [0.717, 1.165) is 19.6 Å². The van der Waals surface area contributed by atoms with Crippen molar-refractivity contribution in [2.75, 3.05) is 24.1 Å². The number of aromatic nitrogens is 2. The molecule has 0 radical (unpaired) electrons. The molecule has 0 spiro atoms. The zero-order valence-corrected chi connectivity index (χ0v) is 11.6. The highest BCUT2D eigenvalue weighted by Gasteiger charge is 2.16. The van der Waals surface area contributed by atoms with Crippen LogP contribution < -0.4 is 11.1 Å². The second kappa shape index (κ2) is 5.92. The van der Waals surface area contributed by atoms with Crippen LogP contribution in [-0.2, 0) is 6.54 Å². The summed E-state index contributed by atoms with van der Waals surface area (Å²) in [5, 5.41) is 9.56. The van der Waals surface area contributed by atoms with Gasteiger partial charge in [-0.15, -0.1) is 0 Å². The van der Waals surface area contributed by atoms with Crippen molar-refractivity contribution >= 4 is 17.4 Å².